The standard InChI is InChI=1S/C10H8N6O2S/c1-16-3-2-6(13-16)8-4-7(14-18-8)10(17)12-9-5-11-19-15-9/h2-5H,1H3,(H,12,15,17). The number of hydrogen-bond acceptors (Lipinski definition) is 7. The summed E-state index contributed by atoms with van der Waals surface area (Å²) in [6, 6.07) is 3.30. The highest BCUT2D eigenvalue weighted by Gasteiger charge is 2.15. The number of hydrogen-bond donors (Lipinski definition) is 1. The van der Waals surface area contributed by atoms with E-state index < -0.39 is 5.91 Å². The normalized spacial score (nSPS) is 10.6. The average molecular weight is 276 g/mol. The van der Waals surface area contributed by atoms with Crippen molar-refractivity contribution in [1.82, 2.24) is 23.7 Å². The molecule has 1 N–H and O–H groups in total. The van der Waals surface area contributed by atoms with E-state index in [0.29, 0.717) is 17.3 Å². The molecular formula is C10H8N6O2S. The van der Waals surface area contributed by atoms with Gasteiger partial charge in [0.05, 0.1) is 17.9 Å². The van der Waals surface area contributed by atoms with E-state index in [1.807, 2.05) is 0 Å². The Balaban J connectivity index is 1.79. The van der Waals surface area contributed by atoms with Gasteiger partial charge >= 0.3 is 0 Å². The molecule has 3 rings (SSSR count). The van der Waals surface area contributed by atoms with Gasteiger partial charge in [0.1, 0.15) is 5.69 Å². The summed E-state index contributed by atoms with van der Waals surface area (Å²) < 4.78 is 14.4. The van der Waals surface area contributed by atoms with E-state index in [-0.39, 0.29) is 5.69 Å². The zero-order chi connectivity index (χ0) is 13.2. The van der Waals surface area contributed by atoms with Crippen LogP contribution in [-0.2, 0) is 7.05 Å². The van der Waals surface area contributed by atoms with Crippen LogP contribution in [0.2, 0.25) is 0 Å². The first kappa shape index (κ1) is 11.5. The van der Waals surface area contributed by atoms with Crippen LogP contribution in [0.5, 0.6) is 0 Å². The predicted molar refractivity (Wildman–Crippen MR) is 66.6 cm³/mol. The molecule has 0 fully saturated rings. The zero-order valence-corrected chi connectivity index (χ0v) is 10.6. The van der Waals surface area contributed by atoms with Crippen LogP contribution in [0, 0.1) is 0 Å². The maximum atomic E-state index is 11.8. The molecule has 8 nitrogen and oxygen atoms in total. The van der Waals surface area contributed by atoms with E-state index in [2.05, 4.69) is 24.3 Å². The third kappa shape index (κ3) is 2.36. The molecule has 0 aliphatic heterocycles. The number of aryl methyl sites for hydroxylation is 1. The first-order valence-electron chi connectivity index (χ1n) is 5.28. The fourth-order valence-electron chi connectivity index (χ4n) is 1.45. The van der Waals surface area contributed by atoms with Crippen LogP contribution >= 0.6 is 11.7 Å². The fraction of sp³-hybridized carbons (Fsp3) is 0.100. The molecule has 0 aromatic carbocycles. The SMILES string of the molecule is Cn1ccc(-c2cc(C(=O)Nc3cnsn3)no2)n1. The summed E-state index contributed by atoms with van der Waals surface area (Å²) in [4.78, 5) is 11.8. The van der Waals surface area contributed by atoms with Gasteiger partial charge in [0.15, 0.2) is 17.3 Å². The summed E-state index contributed by atoms with van der Waals surface area (Å²) in [5.74, 6) is 0.415. The minimum atomic E-state index is -0.404. The maximum absolute atomic E-state index is 11.8. The Kier molecular flexibility index (Phi) is 2.80. The smallest absolute Gasteiger partial charge is 0.279 e. The van der Waals surface area contributed by atoms with Crippen LogP contribution in [-0.4, -0.2) is 29.6 Å². The molecule has 0 saturated carbocycles. The molecule has 3 heterocycles. The highest BCUT2D eigenvalue weighted by Crippen LogP contribution is 2.18. The van der Waals surface area contributed by atoms with Crippen LogP contribution in [0.25, 0.3) is 11.5 Å². The van der Waals surface area contributed by atoms with Crippen molar-refractivity contribution < 1.29 is 9.32 Å². The second-order valence-electron chi connectivity index (χ2n) is 3.70. The van der Waals surface area contributed by atoms with Gasteiger partial charge in [0.25, 0.3) is 5.91 Å². The number of amides is 1. The summed E-state index contributed by atoms with van der Waals surface area (Å²) in [5, 5.41) is 10.4. The van der Waals surface area contributed by atoms with E-state index in [1.165, 1.54) is 12.3 Å². The molecule has 0 atom stereocenters. The van der Waals surface area contributed by atoms with Crippen molar-refractivity contribution in [3.8, 4) is 11.5 Å². The number of nitrogens with one attached hydrogen (secondary N) is 1. The van der Waals surface area contributed by atoms with Gasteiger partial charge < -0.3 is 9.84 Å². The topological polar surface area (TPSA) is 98.7 Å². The van der Waals surface area contributed by atoms with Gasteiger partial charge in [-0.15, -0.1) is 0 Å². The van der Waals surface area contributed by atoms with Crippen LogP contribution in [0.3, 0.4) is 0 Å². The fourth-order valence-corrected chi connectivity index (χ4v) is 1.82. The van der Waals surface area contributed by atoms with Gasteiger partial charge in [0, 0.05) is 19.3 Å². The van der Waals surface area contributed by atoms with Gasteiger partial charge in [-0.2, -0.15) is 13.8 Å². The third-order valence-corrected chi connectivity index (χ3v) is 2.79. The first-order chi connectivity index (χ1) is 9.22. The van der Waals surface area contributed by atoms with Gasteiger partial charge in [-0.1, -0.05) is 5.16 Å². The molecular weight excluding hydrogens is 268 g/mol. The molecule has 19 heavy (non-hydrogen) atoms. The van der Waals surface area contributed by atoms with Gasteiger partial charge in [0.2, 0.25) is 0 Å². The third-order valence-electron chi connectivity index (χ3n) is 2.31. The average Bonchev–Trinajstić information content (AvgIpc) is 3.07. The summed E-state index contributed by atoms with van der Waals surface area (Å²) >= 11 is 1.01. The quantitative estimate of drug-likeness (QED) is 0.771. The minimum absolute atomic E-state index is 0.161. The lowest BCUT2D eigenvalue weighted by Gasteiger charge is -1.94. The monoisotopic (exact) mass is 276 g/mol. The number of anilines is 1. The molecule has 3 aromatic rings. The van der Waals surface area contributed by atoms with Crippen LogP contribution in [0.4, 0.5) is 5.82 Å². The Bertz CT molecular complexity index is 701. The summed E-state index contributed by atoms with van der Waals surface area (Å²) in [7, 11) is 1.79. The molecule has 0 spiro atoms. The van der Waals surface area contributed by atoms with E-state index in [9.17, 15) is 4.79 Å². The van der Waals surface area contributed by atoms with Gasteiger partial charge in [-0.05, 0) is 6.07 Å². The van der Waals surface area contributed by atoms with Crippen LogP contribution in [0.1, 0.15) is 10.5 Å². The molecule has 0 aliphatic carbocycles. The number of aromatic nitrogens is 5. The minimum Gasteiger partial charge on any atom is -0.354 e. The highest BCUT2D eigenvalue weighted by molar-refractivity contribution is 6.99. The highest BCUT2D eigenvalue weighted by atomic mass is 32.1. The van der Waals surface area contributed by atoms with E-state index in [4.69, 9.17) is 4.52 Å². The Labute approximate surface area is 111 Å². The summed E-state index contributed by atoms with van der Waals surface area (Å²) in [6.45, 7) is 0. The van der Waals surface area contributed by atoms with Crippen LogP contribution < -0.4 is 5.32 Å². The molecule has 1 amide bonds. The second kappa shape index (κ2) is 4.61. The molecule has 96 valence electrons. The van der Waals surface area contributed by atoms with Gasteiger partial charge in [-0.25, -0.2) is 0 Å². The lowest BCUT2D eigenvalue weighted by Crippen LogP contribution is -2.12. The van der Waals surface area contributed by atoms with Crippen molar-refractivity contribution in [3.05, 3.63) is 30.2 Å². The molecule has 0 bridgehead atoms. The Morgan fingerprint density at radius 2 is 2.42 bits per heavy atom. The first-order valence-corrected chi connectivity index (χ1v) is 6.01. The number of rotatable bonds is 3. The summed E-state index contributed by atoms with van der Waals surface area (Å²) in [5.41, 5.74) is 0.776. The van der Waals surface area contributed by atoms with Crippen molar-refractivity contribution in [2.75, 3.05) is 5.32 Å². The Morgan fingerprint density at radius 3 is 3.11 bits per heavy atom. The lowest BCUT2D eigenvalue weighted by molar-refractivity contribution is 0.101. The largest absolute Gasteiger partial charge is 0.354 e. The number of carbonyl (C=O) groups excluding carboxylic acids is 1. The molecule has 0 radical (unpaired) electrons. The lowest BCUT2D eigenvalue weighted by atomic mass is 10.3. The molecule has 0 saturated heterocycles. The zero-order valence-electron chi connectivity index (χ0n) is 9.77. The molecule has 9 heteroatoms. The predicted octanol–water partition coefficient (Wildman–Crippen LogP) is 1.18. The number of carbonyl (C=O) groups is 1. The Morgan fingerprint density at radius 1 is 1.53 bits per heavy atom. The van der Waals surface area contributed by atoms with E-state index >= 15 is 0 Å². The maximum Gasteiger partial charge on any atom is 0.279 e. The van der Waals surface area contributed by atoms with Crippen LogP contribution in [0.15, 0.2) is 29.0 Å². The Hall–Kier alpha value is -2.55. The second-order valence-corrected chi connectivity index (χ2v) is 4.25. The van der Waals surface area contributed by atoms with Crippen molar-refractivity contribution in [1.29, 1.82) is 0 Å². The van der Waals surface area contributed by atoms with E-state index in [0.717, 1.165) is 11.7 Å². The molecule has 3 aromatic heterocycles. The number of nitrogens with zero attached hydrogens (tertiary/aromatic N) is 5. The summed E-state index contributed by atoms with van der Waals surface area (Å²) in [6.07, 6.45) is 3.24. The van der Waals surface area contributed by atoms with Gasteiger partial charge in [-0.3, -0.25) is 9.48 Å². The van der Waals surface area contributed by atoms with Crippen molar-refractivity contribution in [2.24, 2.45) is 7.05 Å². The van der Waals surface area contributed by atoms with E-state index in [1.54, 1.807) is 24.0 Å². The molecule has 0 aliphatic rings. The van der Waals surface area contributed by atoms with Crippen molar-refractivity contribution in [3.63, 3.8) is 0 Å². The van der Waals surface area contributed by atoms with Crippen molar-refractivity contribution in [2.45, 2.75) is 0 Å². The molecule has 0 unspecified atom stereocenters. The van der Waals surface area contributed by atoms with Crippen molar-refractivity contribution >= 4 is 23.5 Å².